The normalized spacial score (nSPS) is 16.2. The van der Waals surface area contributed by atoms with E-state index in [0.29, 0.717) is 44.1 Å². The second-order valence-electron chi connectivity index (χ2n) is 8.26. The van der Waals surface area contributed by atoms with Crippen molar-refractivity contribution < 1.29 is 14.7 Å². The van der Waals surface area contributed by atoms with Crippen LogP contribution in [-0.2, 0) is 9.59 Å². The first-order valence-electron chi connectivity index (χ1n) is 10.6. The van der Waals surface area contributed by atoms with Gasteiger partial charge in [-0.3, -0.25) is 14.5 Å². The molecule has 30 heavy (non-hydrogen) atoms. The summed E-state index contributed by atoms with van der Waals surface area (Å²) < 4.78 is 0. The van der Waals surface area contributed by atoms with E-state index in [9.17, 15) is 14.7 Å². The summed E-state index contributed by atoms with van der Waals surface area (Å²) in [5, 5.41) is 15.8. The molecule has 0 saturated carbocycles. The number of carbonyl (C=O) groups is 2. The third-order valence-corrected chi connectivity index (χ3v) is 5.63. The largest absolute Gasteiger partial charge is 0.506 e. The molecule has 2 amide bonds. The van der Waals surface area contributed by atoms with Crippen molar-refractivity contribution in [3.8, 4) is 5.75 Å². The number of likely N-dealkylation sites (tertiary alicyclic amines) is 1. The van der Waals surface area contributed by atoms with Gasteiger partial charge in [-0.05, 0) is 49.5 Å². The fourth-order valence-corrected chi connectivity index (χ4v) is 3.88. The smallest absolute Gasteiger partial charge is 0.234 e. The SMILES string of the molecule is CC(C)[C@H](NC(=O)CN1CCC(C(=O)Nc2ccccc2O)CC1)c1ccccc1. The molecule has 3 rings (SSSR count). The second kappa shape index (κ2) is 10.3. The maximum atomic E-state index is 12.6. The van der Waals surface area contributed by atoms with E-state index in [1.54, 1.807) is 24.3 Å². The van der Waals surface area contributed by atoms with E-state index in [1.807, 2.05) is 30.3 Å². The Morgan fingerprint density at radius 2 is 1.67 bits per heavy atom. The fraction of sp³-hybridized carbons (Fsp3) is 0.417. The molecule has 1 atom stereocenters. The van der Waals surface area contributed by atoms with E-state index in [1.165, 1.54) is 0 Å². The number of hydrogen-bond acceptors (Lipinski definition) is 4. The highest BCUT2D eigenvalue weighted by atomic mass is 16.3. The maximum Gasteiger partial charge on any atom is 0.234 e. The molecule has 1 aliphatic heterocycles. The molecule has 1 fully saturated rings. The number of nitrogens with zero attached hydrogens (tertiary/aromatic N) is 1. The molecular weight excluding hydrogens is 378 g/mol. The Kier molecular flexibility index (Phi) is 7.46. The van der Waals surface area contributed by atoms with Crippen molar-refractivity contribution in [3.05, 3.63) is 60.2 Å². The highest BCUT2D eigenvalue weighted by molar-refractivity contribution is 5.93. The quantitative estimate of drug-likeness (QED) is 0.611. The molecule has 0 aliphatic carbocycles. The molecule has 2 aromatic carbocycles. The van der Waals surface area contributed by atoms with Crippen LogP contribution in [0.25, 0.3) is 0 Å². The number of anilines is 1. The van der Waals surface area contributed by atoms with E-state index in [0.717, 1.165) is 5.56 Å². The second-order valence-corrected chi connectivity index (χ2v) is 8.26. The van der Waals surface area contributed by atoms with E-state index < -0.39 is 0 Å². The average molecular weight is 410 g/mol. The van der Waals surface area contributed by atoms with E-state index in [2.05, 4.69) is 29.4 Å². The molecule has 6 nitrogen and oxygen atoms in total. The molecule has 3 N–H and O–H groups in total. The van der Waals surface area contributed by atoms with Crippen molar-refractivity contribution in [3.63, 3.8) is 0 Å². The summed E-state index contributed by atoms with van der Waals surface area (Å²) in [4.78, 5) is 27.2. The van der Waals surface area contributed by atoms with Gasteiger partial charge in [-0.2, -0.15) is 0 Å². The van der Waals surface area contributed by atoms with Gasteiger partial charge in [0.15, 0.2) is 0 Å². The minimum Gasteiger partial charge on any atom is -0.506 e. The van der Waals surface area contributed by atoms with Gasteiger partial charge >= 0.3 is 0 Å². The summed E-state index contributed by atoms with van der Waals surface area (Å²) >= 11 is 0. The highest BCUT2D eigenvalue weighted by Gasteiger charge is 2.27. The van der Waals surface area contributed by atoms with Crippen LogP contribution in [-0.4, -0.2) is 41.5 Å². The van der Waals surface area contributed by atoms with Crippen LogP contribution in [0.15, 0.2) is 54.6 Å². The van der Waals surface area contributed by atoms with Crippen LogP contribution < -0.4 is 10.6 Å². The molecule has 0 bridgehead atoms. The Morgan fingerprint density at radius 1 is 1.03 bits per heavy atom. The zero-order valence-corrected chi connectivity index (χ0v) is 17.7. The molecular formula is C24H31N3O3. The Morgan fingerprint density at radius 3 is 2.30 bits per heavy atom. The molecule has 2 aromatic rings. The summed E-state index contributed by atoms with van der Waals surface area (Å²) in [5.41, 5.74) is 1.55. The highest BCUT2D eigenvalue weighted by Crippen LogP contribution is 2.25. The van der Waals surface area contributed by atoms with Crippen molar-refractivity contribution in [1.29, 1.82) is 0 Å². The lowest BCUT2D eigenvalue weighted by molar-refractivity contribution is -0.124. The maximum absolute atomic E-state index is 12.6. The van der Waals surface area contributed by atoms with Crippen molar-refractivity contribution in [2.75, 3.05) is 25.0 Å². The van der Waals surface area contributed by atoms with Crippen LogP contribution >= 0.6 is 0 Å². The van der Waals surface area contributed by atoms with Crippen molar-refractivity contribution in [2.24, 2.45) is 11.8 Å². The summed E-state index contributed by atoms with van der Waals surface area (Å²) in [5.74, 6) is 0.175. The Balaban J connectivity index is 1.47. The Labute approximate surface area is 178 Å². The zero-order valence-electron chi connectivity index (χ0n) is 17.7. The monoisotopic (exact) mass is 409 g/mol. The standard InChI is InChI=1S/C24H31N3O3/c1-17(2)23(18-8-4-3-5-9-18)26-22(29)16-27-14-12-19(13-15-27)24(30)25-20-10-6-7-11-21(20)28/h3-11,17,19,23,28H,12-16H2,1-2H3,(H,25,30)(H,26,29)/t23-/m0/s1. The molecule has 0 aromatic heterocycles. The third kappa shape index (κ3) is 5.83. The van der Waals surface area contributed by atoms with E-state index in [-0.39, 0.29) is 29.5 Å². The number of phenols is 1. The van der Waals surface area contributed by atoms with Gasteiger partial charge in [-0.1, -0.05) is 56.3 Å². The fourth-order valence-electron chi connectivity index (χ4n) is 3.88. The molecule has 6 heteroatoms. The van der Waals surface area contributed by atoms with Crippen LogP contribution in [0.1, 0.15) is 38.3 Å². The number of hydrogen-bond donors (Lipinski definition) is 3. The first-order chi connectivity index (χ1) is 14.4. The summed E-state index contributed by atoms with van der Waals surface area (Å²) in [6.45, 7) is 5.94. The summed E-state index contributed by atoms with van der Waals surface area (Å²) in [7, 11) is 0. The Hall–Kier alpha value is -2.86. The molecule has 0 radical (unpaired) electrons. The zero-order chi connectivity index (χ0) is 21.5. The number of benzene rings is 2. The number of phenolic OH excluding ortho intramolecular Hbond substituents is 1. The van der Waals surface area contributed by atoms with Gasteiger partial charge < -0.3 is 15.7 Å². The third-order valence-electron chi connectivity index (χ3n) is 5.63. The molecule has 1 saturated heterocycles. The minimum atomic E-state index is -0.114. The van der Waals surface area contributed by atoms with Crippen LogP contribution in [0.2, 0.25) is 0 Å². The van der Waals surface area contributed by atoms with Crippen molar-refractivity contribution in [1.82, 2.24) is 10.2 Å². The van der Waals surface area contributed by atoms with Crippen molar-refractivity contribution in [2.45, 2.75) is 32.7 Å². The lowest BCUT2D eigenvalue weighted by Gasteiger charge is -2.31. The summed E-state index contributed by atoms with van der Waals surface area (Å²) in [6.07, 6.45) is 1.39. The number of piperidine rings is 1. The summed E-state index contributed by atoms with van der Waals surface area (Å²) in [6, 6.07) is 16.7. The van der Waals surface area contributed by atoms with Gasteiger partial charge in [0.25, 0.3) is 0 Å². The van der Waals surface area contributed by atoms with Gasteiger partial charge in [0.1, 0.15) is 5.75 Å². The lowest BCUT2D eigenvalue weighted by atomic mass is 9.95. The van der Waals surface area contributed by atoms with Crippen LogP contribution in [0, 0.1) is 11.8 Å². The molecule has 0 spiro atoms. The van der Waals surface area contributed by atoms with Crippen molar-refractivity contribution >= 4 is 17.5 Å². The lowest BCUT2D eigenvalue weighted by Crippen LogP contribution is -2.44. The van der Waals surface area contributed by atoms with E-state index in [4.69, 9.17) is 0 Å². The Bertz CT molecular complexity index is 846. The molecule has 1 heterocycles. The van der Waals surface area contributed by atoms with E-state index >= 15 is 0 Å². The topological polar surface area (TPSA) is 81.7 Å². The minimum absolute atomic E-state index is 0.00895. The van der Waals surface area contributed by atoms with Gasteiger partial charge in [0.2, 0.25) is 11.8 Å². The van der Waals surface area contributed by atoms with Gasteiger partial charge in [-0.15, -0.1) is 0 Å². The van der Waals surface area contributed by atoms with Crippen LogP contribution in [0.4, 0.5) is 5.69 Å². The molecule has 0 unspecified atom stereocenters. The number of para-hydroxylation sites is 2. The number of rotatable bonds is 7. The van der Waals surface area contributed by atoms with Gasteiger partial charge in [0, 0.05) is 5.92 Å². The molecule has 1 aliphatic rings. The first-order valence-corrected chi connectivity index (χ1v) is 10.6. The number of amides is 2. The predicted molar refractivity (Wildman–Crippen MR) is 118 cm³/mol. The number of carbonyl (C=O) groups excluding carboxylic acids is 2. The number of aromatic hydroxyl groups is 1. The van der Waals surface area contributed by atoms with Crippen LogP contribution in [0.5, 0.6) is 5.75 Å². The van der Waals surface area contributed by atoms with Gasteiger partial charge in [-0.25, -0.2) is 0 Å². The molecule has 160 valence electrons. The predicted octanol–water partition coefficient (Wildman–Crippen LogP) is 3.56. The average Bonchev–Trinajstić information content (AvgIpc) is 2.74. The first kappa shape index (κ1) is 21.8. The van der Waals surface area contributed by atoms with Gasteiger partial charge in [0.05, 0.1) is 18.3 Å². The number of nitrogens with one attached hydrogen (secondary N) is 2. The van der Waals surface area contributed by atoms with Crippen LogP contribution in [0.3, 0.4) is 0 Å².